The number of rotatable bonds is 6. The molecule has 0 unspecified atom stereocenters. The zero-order chi connectivity index (χ0) is 17.0. The molecule has 0 aliphatic carbocycles. The fourth-order valence-electron chi connectivity index (χ4n) is 2.61. The van der Waals surface area contributed by atoms with Gasteiger partial charge < -0.3 is 15.1 Å². The Morgan fingerprint density at radius 3 is 2.87 bits per heavy atom. The fourth-order valence-corrected chi connectivity index (χ4v) is 3.86. The second kappa shape index (κ2) is 7.84. The number of nitrogens with one attached hydrogen (secondary N) is 1. The maximum atomic E-state index is 12.4. The van der Waals surface area contributed by atoms with Gasteiger partial charge in [-0.15, -0.1) is 11.8 Å². The Labute approximate surface area is 142 Å². The molecule has 0 bridgehead atoms. The smallest absolute Gasteiger partial charge is 0.242 e. The van der Waals surface area contributed by atoms with Gasteiger partial charge in [-0.1, -0.05) is 29.8 Å². The molecule has 23 heavy (non-hydrogen) atoms. The molecular formula is C17H25N3O2S. The third-order valence-corrected chi connectivity index (χ3v) is 5.12. The Morgan fingerprint density at radius 1 is 1.48 bits per heavy atom. The summed E-state index contributed by atoms with van der Waals surface area (Å²) in [7, 11) is 3.92. The predicted octanol–water partition coefficient (Wildman–Crippen LogP) is 1.64. The van der Waals surface area contributed by atoms with Crippen LogP contribution in [0.1, 0.15) is 23.4 Å². The summed E-state index contributed by atoms with van der Waals surface area (Å²) in [5.41, 5.74) is 2.24. The molecule has 1 fully saturated rings. The van der Waals surface area contributed by atoms with E-state index in [-0.39, 0.29) is 17.2 Å². The first kappa shape index (κ1) is 17.8. The molecule has 1 aromatic rings. The molecule has 1 saturated heterocycles. The van der Waals surface area contributed by atoms with Crippen LogP contribution in [0.5, 0.6) is 0 Å². The van der Waals surface area contributed by atoms with Gasteiger partial charge in [-0.3, -0.25) is 9.59 Å². The first-order valence-corrected chi connectivity index (χ1v) is 8.87. The SMILES string of the molecule is Cc1cccc([C@@H]2SCC(=O)N2[C@@H](C)C(=O)NCCN(C)C)c1. The number of nitrogens with zero attached hydrogens (tertiary/aromatic N) is 2. The van der Waals surface area contributed by atoms with Gasteiger partial charge >= 0.3 is 0 Å². The zero-order valence-electron chi connectivity index (χ0n) is 14.2. The average molecular weight is 335 g/mol. The van der Waals surface area contributed by atoms with Crippen molar-refractivity contribution in [1.29, 1.82) is 0 Å². The molecule has 6 heteroatoms. The highest BCUT2D eigenvalue weighted by atomic mass is 32.2. The maximum absolute atomic E-state index is 12.4. The molecular weight excluding hydrogens is 310 g/mol. The maximum Gasteiger partial charge on any atom is 0.242 e. The Hall–Kier alpha value is -1.53. The molecule has 1 aliphatic heterocycles. The van der Waals surface area contributed by atoms with Crippen molar-refractivity contribution in [1.82, 2.24) is 15.1 Å². The number of hydrogen-bond acceptors (Lipinski definition) is 4. The molecule has 1 aliphatic rings. The van der Waals surface area contributed by atoms with E-state index >= 15 is 0 Å². The molecule has 0 spiro atoms. The van der Waals surface area contributed by atoms with E-state index < -0.39 is 6.04 Å². The van der Waals surface area contributed by atoms with Gasteiger partial charge in [0.1, 0.15) is 11.4 Å². The second-order valence-corrected chi connectivity index (χ2v) is 7.22. The first-order chi connectivity index (χ1) is 10.9. The molecule has 5 nitrogen and oxygen atoms in total. The average Bonchev–Trinajstić information content (AvgIpc) is 2.87. The topological polar surface area (TPSA) is 52.7 Å². The van der Waals surface area contributed by atoms with E-state index in [1.807, 2.05) is 44.1 Å². The molecule has 1 N–H and O–H groups in total. The van der Waals surface area contributed by atoms with Gasteiger partial charge in [0.15, 0.2) is 0 Å². The highest BCUT2D eigenvalue weighted by molar-refractivity contribution is 8.00. The Kier molecular flexibility index (Phi) is 6.07. The summed E-state index contributed by atoms with van der Waals surface area (Å²) in [6.45, 7) is 5.20. The molecule has 2 amide bonds. The Morgan fingerprint density at radius 2 is 2.22 bits per heavy atom. The van der Waals surface area contributed by atoms with Crippen molar-refractivity contribution in [2.75, 3.05) is 32.9 Å². The molecule has 1 heterocycles. The highest BCUT2D eigenvalue weighted by Gasteiger charge is 2.38. The second-order valence-electron chi connectivity index (χ2n) is 6.15. The summed E-state index contributed by atoms with van der Waals surface area (Å²) in [6, 6.07) is 7.67. The van der Waals surface area contributed by atoms with Gasteiger partial charge in [0, 0.05) is 13.1 Å². The van der Waals surface area contributed by atoms with Crippen LogP contribution in [0.25, 0.3) is 0 Å². The van der Waals surface area contributed by atoms with E-state index in [2.05, 4.69) is 11.4 Å². The first-order valence-electron chi connectivity index (χ1n) is 7.82. The van der Waals surface area contributed by atoms with E-state index in [0.717, 1.165) is 17.7 Å². The molecule has 0 aromatic heterocycles. The summed E-state index contributed by atoms with van der Waals surface area (Å²) in [6.07, 6.45) is 0. The number of hydrogen-bond donors (Lipinski definition) is 1. The van der Waals surface area contributed by atoms with E-state index in [0.29, 0.717) is 12.3 Å². The number of amides is 2. The van der Waals surface area contributed by atoms with Gasteiger partial charge in [-0.25, -0.2) is 0 Å². The minimum atomic E-state index is -0.467. The minimum Gasteiger partial charge on any atom is -0.353 e. The molecule has 0 radical (unpaired) electrons. The molecule has 0 saturated carbocycles. The highest BCUT2D eigenvalue weighted by Crippen LogP contribution is 2.40. The van der Waals surface area contributed by atoms with Gasteiger partial charge in [-0.2, -0.15) is 0 Å². The predicted molar refractivity (Wildman–Crippen MR) is 94.2 cm³/mol. The van der Waals surface area contributed by atoms with Crippen LogP contribution < -0.4 is 5.32 Å². The lowest BCUT2D eigenvalue weighted by molar-refractivity contribution is -0.137. The Balaban J connectivity index is 2.08. The largest absolute Gasteiger partial charge is 0.353 e. The number of likely N-dealkylation sites (N-methyl/N-ethyl adjacent to an activating group) is 1. The summed E-state index contributed by atoms with van der Waals surface area (Å²) < 4.78 is 0. The van der Waals surface area contributed by atoms with Crippen LogP contribution in [0.3, 0.4) is 0 Å². The van der Waals surface area contributed by atoms with Crippen LogP contribution in [0.4, 0.5) is 0 Å². The van der Waals surface area contributed by atoms with Gasteiger partial charge in [-0.05, 0) is 33.5 Å². The van der Waals surface area contributed by atoms with E-state index in [9.17, 15) is 9.59 Å². The minimum absolute atomic E-state index is 0.0248. The summed E-state index contributed by atoms with van der Waals surface area (Å²) >= 11 is 1.58. The van der Waals surface area contributed by atoms with E-state index in [4.69, 9.17) is 0 Å². The van der Waals surface area contributed by atoms with Crippen molar-refractivity contribution in [3.63, 3.8) is 0 Å². The van der Waals surface area contributed by atoms with Crippen LogP contribution in [-0.4, -0.2) is 60.6 Å². The standard InChI is InChI=1S/C17H25N3O2S/c1-12-6-5-7-14(10-12)17-20(15(21)11-23-17)13(2)16(22)18-8-9-19(3)4/h5-7,10,13,17H,8-9,11H2,1-4H3,(H,18,22)/t13-,17-/m0/s1. The van der Waals surface area contributed by atoms with Crippen molar-refractivity contribution in [2.45, 2.75) is 25.3 Å². The number of carbonyl (C=O) groups is 2. The van der Waals surface area contributed by atoms with Gasteiger partial charge in [0.05, 0.1) is 5.75 Å². The van der Waals surface area contributed by atoms with Crippen molar-refractivity contribution in [3.05, 3.63) is 35.4 Å². The summed E-state index contributed by atoms with van der Waals surface area (Å²) in [5.74, 6) is 0.352. The van der Waals surface area contributed by atoms with E-state index in [1.54, 1.807) is 23.6 Å². The van der Waals surface area contributed by atoms with Crippen molar-refractivity contribution in [2.24, 2.45) is 0 Å². The molecule has 1 aromatic carbocycles. The summed E-state index contributed by atoms with van der Waals surface area (Å²) in [4.78, 5) is 28.4. The lowest BCUT2D eigenvalue weighted by Gasteiger charge is -2.30. The van der Waals surface area contributed by atoms with Crippen molar-refractivity contribution < 1.29 is 9.59 Å². The fraction of sp³-hybridized carbons (Fsp3) is 0.529. The van der Waals surface area contributed by atoms with Gasteiger partial charge in [0.2, 0.25) is 11.8 Å². The number of carbonyl (C=O) groups excluding carboxylic acids is 2. The quantitative estimate of drug-likeness (QED) is 0.859. The van der Waals surface area contributed by atoms with Gasteiger partial charge in [0.25, 0.3) is 0 Å². The zero-order valence-corrected chi connectivity index (χ0v) is 15.0. The monoisotopic (exact) mass is 335 g/mol. The number of aryl methyl sites for hydroxylation is 1. The van der Waals surface area contributed by atoms with Crippen LogP contribution in [0.2, 0.25) is 0 Å². The lowest BCUT2D eigenvalue weighted by atomic mass is 10.1. The van der Waals surface area contributed by atoms with Crippen LogP contribution in [0, 0.1) is 6.92 Å². The third kappa shape index (κ3) is 4.48. The third-order valence-electron chi connectivity index (χ3n) is 3.89. The van der Waals surface area contributed by atoms with Crippen LogP contribution in [0.15, 0.2) is 24.3 Å². The normalized spacial score (nSPS) is 19.3. The lowest BCUT2D eigenvalue weighted by Crippen LogP contribution is -2.47. The number of thioether (sulfide) groups is 1. The molecule has 126 valence electrons. The molecule has 2 atom stereocenters. The Bertz CT molecular complexity index is 577. The summed E-state index contributed by atoms with van der Waals surface area (Å²) in [5, 5.41) is 2.82. The van der Waals surface area contributed by atoms with Crippen molar-refractivity contribution >= 4 is 23.6 Å². The van der Waals surface area contributed by atoms with Crippen molar-refractivity contribution in [3.8, 4) is 0 Å². The van der Waals surface area contributed by atoms with Crippen LogP contribution >= 0.6 is 11.8 Å². The molecule has 2 rings (SSSR count). The van der Waals surface area contributed by atoms with Crippen LogP contribution in [-0.2, 0) is 9.59 Å². The number of benzene rings is 1. The van der Waals surface area contributed by atoms with E-state index in [1.165, 1.54) is 0 Å².